The van der Waals surface area contributed by atoms with Crippen molar-refractivity contribution in [1.82, 2.24) is 0 Å². The van der Waals surface area contributed by atoms with Gasteiger partial charge < -0.3 is 49.6 Å². The fraction of sp³-hybridized carbons (Fsp3) is 0.929. The van der Waals surface area contributed by atoms with Gasteiger partial charge in [-0.1, -0.05) is 60.1 Å². The number of hydrogen-bond donors (Lipinski definition) is 6. The average molecular weight is 749 g/mol. The molecular weight excluding hydrogens is 680 g/mol. The topological polar surface area (TPSA) is 175 Å². The zero-order valence-corrected chi connectivity index (χ0v) is 33.5. The van der Waals surface area contributed by atoms with E-state index < -0.39 is 66.8 Å². The maximum atomic E-state index is 14.5. The Kier molecular flexibility index (Phi) is 9.98. The lowest BCUT2D eigenvalue weighted by atomic mass is 9.33. The molecule has 6 unspecified atom stereocenters. The average Bonchev–Trinajstić information content (AvgIpc) is 3.08. The van der Waals surface area contributed by atoms with Crippen LogP contribution in [-0.4, -0.2) is 104 Å². The van der Waals surface area contributed by atoms with Crippen LogP contribution in [0.15, 0.2) is 11.6 Å². The van der Waals surface area contributed by atoms with Crippen molar-refractivity contribution >= 4 is 5.97 Å². The van der Waals surface area contributed by atoms with Gasteiger partial charge in [0.25, 0.3) is 0 Å². The molecule has 6 N–H and O–H groups in total. The van der Waals surface area contributed by atoms with Gasteiger partial charge in [-0.2, -0.15) is 0 Å². The van der Waals surface area contributed by atoms with E-state index in [-0.39, 0.29) is 45.1 Å². The number of rotatable bonds is 4. The lowest BCUT2D eigenvalue weighted by Crippen LogP contribution is -2.66. The van der Waals surface area contributed by atoms with Crippen molar-refractivity contribution in [3.05, 3.63) is 11.6 Å². The molecule has 11 heteroatoms. The molecule has 0 radical (unpaired) electrons. The third kappa shape index (κ3) is 5.86. The molecule has 302 valence electrons. The van der Waals surface area contributed by atoms with Crippen LogP contribution in [0.5, 0.6) is 0 Å². The Bertz CT molecular complexity index is 1450. The zero-order chi connectivity index (χ0) is 38.8. The summed E-state index contributed by atoms with van der Waals surface area (Å²) in [4.78, 5) is 14.5. The number of fused-ring (bicyclic) bond motifs is 7. The molecule has 0 bridgehead atoms. The second-order valence-corrected chi connectivity index (χ2v) is 20.6. The summed E-state index contributed by atoms with van der Waals surface area (Å²) >= 11 is 0. The number of aliphatic hydroxyl groups is 6. The van der Waals surface area contributed by atoms with E-state index in [1.807, 2.05) is 0 Å². The number of hydrogen-bond acceptors (Lipinski definition) is 11. The lowest BCUT2D eigenvalue weighted by Gasteiger charge is -2.71. The molecule has 5 aliphatic carbocycles. The van der Waals surface area contributed by atoms with E-state index in [9.17, 15) is 35.4 Å². The number of allylic oxidation sites excluding steroid dienone is 2. The van der Waals surface area contributed by atoms with E-state index in [0.29, 0.717) is 24.7 Å². The van der Waals surface area contributed by atoms with Crippen molar-refractivity contribution in [3.63, 3.8) is 0 Å². The Morgan fingerprint density at radius 1 is 0.698 bits per heavy atom. The van der Waals surface area contributed by atoms with Crippen LogP contribution in [0.2, 0.25) is 0 Å². The van der Waals surface area contributed by atoms with Gasteiger partial charge in [0.15, 0.2) is 6.29 Å². The number of carbonyl (C=O) groups is 1. The van der Waals surface area contributed by atoms with Gasteiger partial charge in [-0.05, 0) is 123 Å². The van der Waals surface area contributed by atoms with E-state index in [1.165, 1.54) is 5.57 Å². The van der Waals surface area contributed by atoms with Crippen LogP contribution >= 0.6 is 0 Å². The molecule has 0 aromatic rings. The smallest absolute Gasteiger partial charge is 0.315 e. The van der Waals surface area contributed by atoms with E-state index >= 15 is 0 Å². The van der Waals surface area contributed by atoms with E-state index in [2.05, 4.69) is 54.5 Å². The van der Waals surface area contributed by atoms with Crippen LogP contribution in [0.3, 0.4) is 0 Å². The normalized spacial score (nSPS) is 54.7. The molecule has 2 aliphatic heterocycles. The minimum absolute atomic E-state index is 0.0134. The molecule has 7 aliphatic rings. The largest absolute Gasteiger partial charge is 0.432 e. The van der Waals surface area contributed by atoms with Crippen molar-refractivity contribution in [3.8, 4) is 0 Å². The van der Waals surface area contributed by atoms with Crippen molar-refractivity contribution in [2.45, 2.75) is 194 Å². The molecule has 18 atom stereocenters. The summed E-state index contributed by atoms with van der Waals surface area (Å²) in [6.45, 7) is 19.9. The first kappa shape index (κ1) is 40.1. The Morgan fingerprint density at radius 3 is 1.92 bits per heavy atom. The Hall–Kier alpha value is -1.15. The molecular formula is C42H68O11. The third-order valence-corrected chi connectivity index (χ3v) is 17.1. The maximum Gasteiger partial charge on any atom is 0.315 e. The number of esters is 1. The fourth-order valence-electron chi connectivity index (χ4n) is 13.5. The van der Waals surface area contributed by atoms with Gasteiger partial charge >= 0.3 is 5.97 Å². The molecule has 2 heterocycles. The third-order valence-electron chi connectivity index (χ3n) is 17.1. The van der Waals surface area contributed by atoms with Gasteiger partial charge in [-0.15, -0.1) is 0 Å². The van der Waals surface area contributed by atoms with E-state index in [4.69, 9.17) is 18.9 Å². The Morgan fingerprint density at radius 2 is 1.28 bits per heavy atom. The van der Waals surface area contributed by atoms with E-state index in [0.717, 1.165) is 51.4 Å². The van der Waals surface area contributed by atoms with Gasteiger partial charge in [0.2, 0.25) is 6.29 Å². The van der Waals surface area contributed by atoms with Crippen molar-refractivity contribution in [2.75, 3.05) is 0 Å². The van der Waals surface area contributed by atoms with Gasteiger partial charge in [-0.25, -0.2) is 0 Å². The molecule has 0 spiro atoms. The molecule has 0 aromatic carbocycles. The van der Waals surface area contributed by atoms with Crippen molar-refractivity contribution < 1.29 is 54.4 Å². The Labute approximate surface area is 315 Å². The minimum atomic E-state index is -1.54. The van der Waals surface area contributed by atoms with Gasteiger partial charge in [-0.3, -0.25) is 4.79 Å². The summed E-state index contributed by atoms with van der Waals surface area (Å²) in [5.74, 6) is 0.372. The lowest BCUT2D eigenvalue weighted by molar-refractivity contribution is -0.324. The predicted molar refractivity (Wildman–Crippen MR) is 195 cm³/mol. The molecule has 4 saturated carbocycles. The second-order valence-electron chi connectivity index (χ2n) is 20.6. The van der Waals surface area contributed by atoms with Gasteiger partial charge in [0, 0.05) is 0 Å². The van der Waals surface area contributed by atoms with Crippen LogP contribution in [0.25, 0.3) is 0 Å². The highest BCUT2D eigenvalue weighted by atomic mass is 16.7. The molecule has 6 fully saturated rings. The first-order valence-electron chi connectivity index (χ1n) is 20.5. The number of aliphatic hydroxyl groups excluding tert-OH is 6. The molecule has 7 rings (SSSR count). The van der Waals surface area contributed by atoms with Gasteiger partial charge in [0.05, 0.1) is 23.7 Å². The summed E-state index contributed by atoms with van der Waals surface area (Å²) in [5, 5.41) is 63.0. The highest BCUT2D eigenvalue weighted by Crippen LogP contribution is 2.76. The summed E-state index contributed by atoms with van der Waals surface area (Å²) in [6.07, 6.45) is -0.881. The first-order valence-corrected chi connectivity index (χ1v) is 20.5. The maximum absolute atomic E-state index is 14.5. The minimum Gasteiger partial charge on any atom is -0.432 e. The SMILES string of the molecule is C[C@@H]1OC(OC(=O)C23CCC(C)(C)CC2C2=CCC4[C@@]5(C)CC[C@H](OC6O[C@@H](C)[C@H](O)[C@@H](O)[C@H]6O)C(C)(C)C5CC[C@@]4(C)[C@]2(C)CC3)[C@H](O)[C@H](O)[C@H]1O. The molecule has 53 heavy (non-hydrogen) atoms. The van der Waals surface area contributed by atoms with Gasteiger partial charge in [0.1, 0.15) is 36.6 Å². The van der Waals surface area contributed by atoms with Crippen LogP contribution in [0, 0.1) is 50.2 Å². The van der Waals surface area contributed by atoms with Crippen LogP contribution in [-0.2, 0) is 23.7 Å². The molecule has 11 nitrogen and oxygen atoms in total. The summed E-state index contributed by atoms with van der Waals surface area (Å²) < 4.78 is 24.2. The quantitative estimate of drug-likeness (QED) is 0.137. The summed E-state index contributed by atoms with van der Waals surface area (Å²) in [6, 6.07) is 0. The second kappa shape index (κ2) is 13.2. The van der Waals surface area contributed by atoms with Crippen molar-refractivity contribution in [2.24, 2.45) is 50.2 Å². The first-order chi connectivity index (χ1) is 24.5. The van der Waals surface area contributed by atoms with Crippen LogP contribution in [0.1, 0.15) is 127 Å². The summed E-state index contributed by atoms with van der Waals surface area (Å²) in [5.41, 5.74) is 0.298. The Balaban J connectivity index is 1.16. The predicted octanol–water partition coefficient (Wildman–Crippen LogP) is 4.37. The van der Waals surface area contributed by atoms with Crippen LogP contribution in [0.4, 0.5) is 0 Å². The monoisotopic (exact) mass is 748 g/mol. The number of ether oxygens (including phenoxy) is 4. The highest BCUT2D eigenvalue weighted by molar-refractivity contribution is 5.79. The highest BCUT2D eigenvalue weighted by Gasteiger charge is 2.70. The van der Waals surface area contributed by atoms with Crippen molar-refractivity contribution in [1.29, 1.82) is 0 Å². The standard InChI is InChI=1S/C42H68O11/c1-21-28(43)30(45)32(47)34(50-21)52-27-13-14-39(7)25(38(27,5)6)12-15-41(9)26(39)11-10-23-24-20-37(3,4)16-18-42(24,19-17-40(23,41)8)36(49)53-35-33(48)31(46)29(44)22(2)51-35/h10,21-22,24-35,43-48H,11-20H2,1-9H3/t21-,22-,24?,25?,26?,27-,28-,29-,30+,31+,32+,33+,34?,35?,39-,40+,41+,42?/m0/s1. The summed E-state index contributed by atoms with van der Waals surface area (Å²) in [7, 11) is 0. The molecule has 0 amide bonds. The van der Waals surface area contributed by atoms with Crippen LogP contribution < -0.4 is 0 Å². The molecule has 2 saturated heterocycles. The zero-order valence-electron chi connectivity index (χ0n) is 33.5. The molecule has 0 aromatic heterocycles. The van der Waals surface area contributed by atoms with E-state index in [1.54, 1.807) is 13.8 Å². The fourth-order valence-corrected chi connectivity index (χ4v) is 13.5. The number of carbonyl (C=O) groups excluding carboxylic acids is 1.